The van der Waals surface area contributed by atoms with Crippen LogP contribution < -0.4 is 0 Å². The van der Waals surface area contributed by atoms with Crippen molar-refractivity contribution in [3.05, 3.63) is 99.2 Å². The Morgan fingerprint density at radius 2 is 1.14 bits per heavy atom. The van der Waals surface area contributed by atoms with Crippen LogP contribution in [-0.2, 0) is 0 Å². The van der Waals surface area contributed by atoms with E-state index in [1.165, 1.54) is 12.4 Å². The van der Waals surface area contributed by atoms with Crippen LogP contribution in [0.1, 0.15) is 22.3 Å². The second-order valence-electron chi connectivity index (χ2n) is 7.40. The first-order valence-electron chi connectivity index (χ1n) is 9.91. The van der Waals surface area contributed by atoms with Crippen LogP contribution in [0.5, 0.6) is 0 Å². The van der Waals surface area contributed by atoms with E-state index in [1.54, 1.807) is 48.5 Å². The third kappa shape index (κ3) is 2.80. The van der Waals surface area contributed by atoms with Gasteiger partial charge in [-0.25, -0.2) is 13.2 Å². The van der Waals surface area contributed by atoms with Crippen molar-refractivity contribution in [2.24, 2.45) is 0 Å². The lowest BCUT2D eigenvalue weighted by molar-refractivity contribution is 0.492. The fourth-order valence-electron chi connectivity index (χ4n) is 4.48. The Bertz CT molecular complexity index is 1690. The molecule has 9 heteroatoms. The molecule has 0 bridgehead atoms. The molecule has 0 spiro atoms. The van der Waals surface area contributed by atoms with Crippen molar-refractivity contribution in [3.8, 4) is 35.7 Å². The molecular weight excluding hydrogens is 453 g/mol. The lowest BCUT2D eigenvalue weighted by Crippen LogP contribution is -1.98. The lowest BCUT2D eigenvalue weighted by atomic mass is 9.88. The summed E-state index contributed by atoms with van der Waals surface area (Å²) >= 11 is 0. The van der Waals surface area contributed by atoms with Crippen LogP contribution in [0.25, 0.3) is 28.1 Å². The summed E-state index contributed by atoms with van der Waals surface area (Å²) in [5.74, 6) is -4.32. The van der Waals surface area contributed by atoms with E-state index in [2.05, 4.69) is 9.97 Å². The predicted molar refractivity (Wildman–Crippen MR) is 116 cm³/mol. The van der Waals surface area contributed by atoms with E-state index in [4.69, 9.17) is 0 Å². The number of pyridine rings is 2. The van der Waals surface area contributed by atoms with Crippen molar-refractivity contribution < 1.29 is 13.2 Å². The standard InChI is InChI=1S/C26H7F3N6/c27-16-7-17(28)24(29)23-19(13(10-32)11-33)22(18(21(16)23)12(8-30)9-31)20-14-3-1-5-34-25(14)26-15(20)4-2-6-35-26/h1-7H. The Hall–Kier alpha value is -5.51. The smallest absolute Gasteiger partial charge is 0.167 e. The maximum Gasteiger partial charge on any atom is 0.167 e. The summed E-state index contributed by atoms with van der Waals surface area (Å²) in [6.07, 6.45) is 3.03. The van der Waals surface area contributed by atoms with Gasteiger partial charge >= 0.3 is 0 Å². The van der Waals surface area contributed by atoms with E-state index in [1.807, 2.05) is 0 Å². The van der Waals surface area contributed by atoms with E-state index >= 15 is 8.78 Å². The largest absolute Gasteiger partial charge is 0.254 e. The molecule has 3 aromatic rings. The van der Waals surface area contributed by atoms with Crippen molar-refractivity contribution in [2.75, 3.05) is 0 Å². The highest BCUT2D eigenvalue weighted by molar-refractivity contribution is 6.21. The van der Waals surface area contributed by atoms with E-state index in [-0.39, 0.29) is 16.7 Å². The van der Waals surface area contributed by atoms with Crippen LogP contribution in [-0.4, -0.2) is 9.97 Å². The molecule has 0 aliphatic heterocycles. The normalized spacial score (nSPS) is 12.7. The van der Waals surface area contributed by atoms with Gasteiger partial charge in [-0.05, 0) is 12.1 Å². The van der Waals surface area contributed by atoms with Gasteiger partial charge in [0, 0.05) is 63.0 Å². The zero-order valence-electron chi connectivity index (χ0n) is 17.4. The average molecular weight is 460 g/mol. The fraction of sp³-hybridized carbons (Fsp3) is 0. The number of allylic oxidation sites excluding steroid dienone is 5. The zero-order valence-corrected chi connectivity index (χ0v) is 17.4. The summed E-state index contributed by atoms with van der Waals surface area (Å²) in [5, 5.41) is 38.8. The number of hydrogen-bond donors (Lipinski definition) is 0. The zero-order chi connectivity index (χ0) is 24.9. The summed E-state index contributed by atoms with van der Waals surface area (Å²) in [4.78, 5) is 8.69. The molecule has 0 saturated heterocycles. The molecule has 0 fully saturated rings. The molecule has 0 N–H and O–H groups in total. The number of aromatic nitrogens is 2. The van der Waals surface area contributed by atoms with Gasteiger partial charge in [0.1, 0.15) is 41.2 Å². The van der Waals surface area contributed by atoms with Crippen LogP contribution in [0.3, 0.4) is 0 Å². The topological polar surface area (TPSA) is 121 Å². The van der Waals surface area contributed by atoms with Gasteiger partial charge in [-0.1, -0.05) is 12.1 Å². The molecule has 0 atom stereocenters. The molecule has 5 rings (SSSR count). The minimum Gasteiger partial charge on any atom is -0.254 e. The molecule has 162 valence electrons. The number of hydrogen-bond acceptors (Lipinski definition) is 6. The van der Waals surface area contributed by atoms with Crippen molar-refractivity contribution in [1.82, 2.24) is 9.97 Å². The fourth-order valence-corrected chi connectivity index (χ4v) is 4.48. The van der Waals surface area contributed by atoms with Gasteiger partial charge in [0.05, 0.1) is 11.4 Å². The highest BCUT2D eigenvalue weighted by atomic mass is 19.2. The quantitative estimate of drug-likeness (QED) is 0.269. The molecular formula is C26H7F3N6. The Kier molecular flexibility index (Phi) is 4.76. The summed E-state index contributed by atoms with van der Waals surface area (Å²) in [6, 6.07) is 13.4. The molecule has 6 nitrogen and oxygen atoms in total. The first-order valence-corrected chi connectivity index (χ1v) is 9.91. The minimum atomic E-state index is -1.55. The molecule has 2 aromatic heterocycles. The van der Waals surface area contributed by atoms with Crippen LogP contribution in [0.2, 0.25) is 0 Å². The molecule has 0 radical (unpaired) electrons. The van der Waals surface area contributed by atoms with E-state index in [0.29, 0.717) is 28.6 Å². The van der Waals surface area contributed by atoms with E-state index < -0.39 is 45.3 Å². The molecule has 2 heterocycles. The Balaban J connectivity index is 2.14. The van der Waals surface area contributed by atoms with Crippen LogP contribution in [0, 0.1) is 62.8 Å². The molecule has 0 amide bonds. The van der Waals surface area contributed by atoms with Crippen LogP contribution in [0.4, 0.5) is 13.2 Å². The number of fused-ring (bicyclic) bond motifs is 4. The molecule has 0 saturated carbocycles. The maximum atomic E-state index is 15.2. The second kappa shape index (κ2) is 7.81. The second-order valence-corrected chi connectivity index (χ2v) is 7.40. The number of rotatable bonds is 0. The minimum absolute atomic E-state index is 0.124. The predicted octanol–water partition coefficient (Wildman–Crippen LogP) is 4.99. The van der Waals surface area contributed by atoms with E-state index in [0.717, 1.165) is 0 Å². The molecule has 35 heavy (non-hydrogen) atoms. The highest BCUT2D eigenvalue weighted by Crippen LogP contribution is 2.56. The van der Waals surface area contributed by atoms with Gasteiger partial charge in [-0.2, -0.15) is 21.0 Å². The summed E-state index contributed by atoms with van der Waals surface area (Å²) in [7, 11) is 0. The molecule has 1 aromatic carbocycles. The molecule has 0 unspecified atom stereocenters. The Morgan fingerprint density at radius 3 is 1.63 bits per heavy atom. The maximum absolute atomic E-state index is 15.2. The summed E-state index contributed by atoms with van der Waals surface area (Å²) in [6.45, 7) is 0. The van der Waals surface area contributed by atoms with Crippen molar-refractivity contribution in [2.45, 2.75) is 0 Å². The van der Waals surface area contributed by atoms with Gasteiger partial charge in [0.15, 0.2) is 11.6 Å². The van der Waals surface area contributed by atoms with Crippen molar-refractivity contribution >= 4 is 16.7 Å². The first kappa shape index (κ1) is 21.3. The number of halogens is 3. The SMILES string of the molecule is N#CC(C#N)=C1C(=C2c3cccnc3-c3ncccc32)C(=C(C#N)C#N)c2c(F)c(F)cc(F)c21. The first-order chi connectivity index (χ1) is 17.0. The number of benzene rings is 1. The third-order valence-corrected chi connectivity index (χ3v) is 5.75. The van der Waals surface area contributed by atoms with E-state index in [9.17, 15) is 25.4 Å². The lowest BCUT2D eigenvalue weighted by Gasteiger charge is -2.12. The number of nitrogens with zero attached hydrogens (tertiary/aromatic N) is 6. The Labute approximate surface area is 196 Å². The monoisotopic (exact) mass is 460 g/mol. The summed E-state index contributed by atoms with van der Waals surface area (Å²) in [5.41, 5.74) is -1.47. The van der Waals surface area contributed by atoms with Gasteiger partial charge in [-0.3, -0.25) is 9.97 Å². The third-order valence-electron chi connectivity index (χ3n) is 5.75. The van der Waals surface area contributed by atoms with Crippen molar-refractivity contribution in [1.29, 1.82) is 21.0 Å². The highest BCUT2D eigenvalue weighted by Gasteiger charge is 2.42. The molecule has 2 aliphatic rings. The van der Waals surface area contributed by atoms with Crippen LogP contribution >= 0.6 is 0 Å². The average Bonchev–Trinajstić information content (AvgIpc) is 3.38. The van der Waals surface area contributed by atoms with Crippen molar-refractivity contribution in [3.63, 3.8) is 0 Å². The van der Waals surface area contributed by atoms with Gasteiger partial charge < -0.3 is 0 Å². The summed E-state index contributed by atoms with van der Waals surface area (Å²) < 4.78 is 44.8. The Morgan fingerprint density at radius 1 is 0.657 bits per heavy atom. The van der Waals surface area contributed by atoms with Gasteiger partial charge in [0.25, 0.3) is 0 Å². The molecule has 2 aliphatic carbocycles. The van der Waals surface area contributed by atoms with Gasteiger partial charge in [-0.15, -0.1) is 0 Å². The number of nitriles is 4. The van der Waals surface area contributed by atoms with Crippen LogP contribution in [0.15, 0.2) is 59.4 Å². The van der Waals surface area contributed by atoms with Gasteiger partial charge in [0.2, 0.25) is 0 Å².